The van der Waals surface area contributed by atoms with Crippen molar-refractivity contribution in [1.82, 2.24) is 0 Å². The number of hydrogen-bond acceptors (Lipinski definition) is 4. The topological polar surface area (TPSA) is 52.6 Å². The molecule has 128 valence electrons. The SMILES string of the molecule is CC1(C)OC(=O)C(=Cc2cccc(-c3ccc(F)cc3F)c2)C(=O)O1. The van der Waals surface area contributed by atoms with Crippen LogP contribution >= 0.6 is 0 Å². The lowest BCUT2D eigenvalue weighted by molar-refractivity contribution is -0.222. The van der Waals surface area contributed by atoms with Crippen LogP contribution < -0.4 is 0 Å². The Balaban J connectivity index is 1.97. The van der Waals surface area contributed by atoms with Crippen LogP contribution in [0, 0.1) is 11.6 Å². The summed E-state index contributed by atoms with van der Waals surface area (Å²) in [7, 11) is 0. The summed E-state index contributed by atoms with van der Waals surface area (Å²) in [5.74, 6) is -4.28. The molecule has 0 bridgehead atoms. The number of esters is 2. The zero-order chi connectivity index (χ0) is 18.2. The normalized spacial score (nSPS) is 16.2. The molecule has 0 spiro atoms. The maximum Gasteiger partial charge on any atom is 0.348 e. The molecule has 1 aliphatic heterocycles. The molecule has 1 heterocycles. The fraction of sp³-hybridized carbons (Fsp3) is 0.158. The van der Waals surface area contributed by atoms with Gasteiger partial charge >= 0.3 is 11.9 Å². The average Bonchev–Trinajstić information content (AvgIpc) is 2.50. The van der Waals surface area contributed by atoms with E-state index in [0.717, 1.165) is 12.1 Å². The minimum atomic E-state index is -1.31. The average molecular weight is 344 g/mol. The highest BCUT2D eigenvalue weighted by Gasteiger charge is 2.38. The molecule has 3 rings (SSSR count). The number of benzene rings is 2. The van der Waals surface area contributed by atoms with E-state index in [1.807, 2.05) is 0 Å². The number of carbonyl (C=O) groups is 2. The molecular weight excluding hydrogens is 330 g/mol. The summed E-state index contributed by atoms with van der Waals surface area (Å²) in [5.41, 5.74) is 0.905. The molecule has 0 amide bonds. The van der Waals surface area contributed by atoms with E-state index in [1.54, 1.807) is 24.3 Å². The van der Waals surface area contributed by atoms with Gasteiger partial charge in [0, 0.05) is 25.5 Å². The first kappa shape index (κ1) is 16.8. The first-order valence-electron chi connectivity index (χ1n) is 7.49. The zero-order valence-corrected chi connectivity index (χ0v) is 13.5. The minimum Gasteiger partial charge on any atom is -0.419 e. The second kappa shape index (κ2) is 6.12. The van der Waals surface area contributed by atoms with Crippen molar-refractivity contribution >= 4 is 18.0 Å². The molecule has 0 radical (unpaired) electrons. The van der Waals surface area contributed by atoms with Crippen LogP contribution in [-0.2, 0) is 19.1 Å². The van der Waals surface area contributed by atoms with Crippen molar-refractivity contribution < 1.29 is 27.8 Å². The standard InChI is InChI=1S/C19H14F2O4/c1-19(2)24-17(22)15(18(23)25-19)9-11-4-3-5-12(8-11)14-7-6-13(20)10-16(14)21/h3-10H,1-2H3. The van der Waals surface area contributed by atoms with E-state index in [4.69, 9.17) is 9.47 Å². The van der Waals surface area contributed by atoms with Crippen molar-refractivity contribution in [3.63, 3.8) is 0 Å². The number of halogens is 2. The molecule has 0 unspecified atom stereocenters. The third kappa shape index (κ3) is 3.57. The smallest absolute Gasteiger partial charge is 0.348 e. The van der Waals surface area contributed by atoms with Crippen molar-refractivity contribution in [2.45, 2.75) is 19.6 Å². The largest absolute Gasteiger partial charge is 0.419 e. The molecular formula is C19H14F2O4. The van der Waals surface area contributed by atoms with Gasteiger partial charge in [-0.15, -0.1) is 0 Å². The monoisotopic (exact) mass is 344 g/mol. The van der Waals surface area contributed by atoms with Gasteiger partial charge in [-0.3, -0.25) is 0 Å². The summed E-state index contributed by atoms with van der Waals surface area (Å²) in [5, 5.41) is 0. The lowest BCUT2D eigenvalue weighted by Gasteiger charge is -2.29. The number of ether oxygens (including phenoxy) is 2. The molecule has 2 aromatic carbocycles. The van der Waals surface area contributed by atoms with E-state index in [9.17, 15) is 18.4 Å². The molecule has 0 N–H and O–H groups in total. The van der Waals surface area contributed by atoms with Crippen LogP contribution in [0.1, 0.15) is 19.4 Å². The molecule has 2 aromatic rings. The Morgan fingerprint density at radius 3 is 2.28 bits per heavy atom. The van der Waals surface area contributed by atoms with Gasteiger partial charge in [-0.05, 0) is 35.4 Å². The Hall–Kier alpha value is -3.02. The summed E-state index contributed by atoms with van der Waals surface area (Å²) in [6.07, 6.45) is 1.31. The summed E-state index contributed by atoms with van der Waals surface area (Å²) in [4.78, 5) is 24.0. The third-order valence-electron chi connectivity index (χ3n) is 3.56. The van der Waals surface area contributed by atoms with Gasteiger partial charge < -0.3 is 9.47 Å². The fourth-order valence-corrected chi connectivity index (χ4v) is 2.46. The molecule has 0 aliphatic carbocycles. The lowest BCUT2D eigenvalue weighted by Crippen LogP contribution is -2.41. The highest BCUT2D eigenvalue weighted by molar-refractivity contribution is 6.18. The van der Waals surface area contributed by atoms with Gasteiger partial charge in [0.1, 0.15) is 17.2 Å². The van der Waals surface area contributed by atoms with Crippen LogP contribution in [0.3, 0.4) is 0 Å². The third-order valence-corrected chi connectivity index (χ3v) is 3.56. The van der Waals surface area contributed by atoms with Crippen LogP contribution in [-0.4, -0.2) is 17.7 Å². The number of hydrogen-bond donors (Lipinski definition) is 0. The van der Waals surface area contributed by atoms with E-state index in [-0.39, 0.29) is 11.1 Å². The molecule has 0 atom stereocenters. The minimum absolute atomic E-state index is 0.205. The number of carbonyl (C=O) groups excluding carboxylic acids is 2. The van der Waals surface area contributed by atoms with Gasteiger partial charge in [0.05, 0.1) is 0 Å². The van der Waals surface area contributed by atoms with Crippen molar-refractivity contribution in [3.8, 4) is 11.1 Å². The maximum atomic E-state index is 13.9. The highest BCUT2D eigenvalue weighted by Crippen LogP contribution is 2.27. The van der Waals surface area contributed by atoms with Gasteiger partial charge in [0.25, 0.3) is 5.79 Å². The molecule has 4 nitrogen and oxygen atoms in total. The van der Waals surface area contributed by atoms with E-state index >= 15 is 0 Å². The Morgan fingerprint density at radius 2 is 1.64 bits per heavy atom. The molecule has 0 aromatic heterocycles. The van der Waals surface area contributed by atoms with Crippen LogP contribution in [0.5, 0.6) is 0 Å². The first-order valence-corrected chi connectivity index (χ1v) is 7.49. The highest BCUT2D eigenvalue weighted by atomic mass is 19.1. The molecule has 1 aliphatic rings. The second-order valence-electron chi connectivity index (χ2n) is 5.99. The van der Waals surface area contributed by atoms with E-state index < -0.39 is 29.4 Å². The fourth-order valence-electron chi connectivity index (χ4n) is 2.46. The lowest BCUT2D eigenvalue weighted by atomic mass is 10.0. The van der Waals surface area contributed by atoms with Crippen molar-refractivity contribution in [2.75, 3.05) is 0 Å². The number of rotatable bonds is 2. The summed E-state index contributed by atoms with van der Waals surface area (Å²) >= 11 is 0. The van der Waals surface area contributed by atoms with Crippen LogP contribution in [0.15, 0.2) is 48.0 Å². The van der Waals surface area contributed by atoms with Gasteiger partial charge in [-0.2, -0.15) is 0 Å². The summed E-state index contributed by atoms with van der Waals surface area (Å²) in [6.45, 7) is 2.91. The number of cyclic esters (lactones) is 2. The Morgan fingerprint density at radius 1 is 0.960 bits per heavy atom. The molecule has 25 heavy (non-hydrogen) atoms. The summed E-state index contributed by atoms with van der Waals surface area (Å²) < 4.78 is 37.0. The quantitative estimate of drug-likeness (QED) is 0.472. The predicted molar refractivity (Wildman–Crippen MR) is 86.0 cm³/mol. The predicted octanol–water partition coefficient (Wildman–Crippen LogP) is 3.85. The van der Waals surface area contributed by atoms with E-state index in [0.29, 0.717) is 11.1 Å². The van der Waals surface area contributed by atoms with Crippen LogP contribution in [0.25, 0.3) is 17.2 Å². The summed E-state index contributed by atoms with van der Waals surface area (Å²) in [6, 6.07) is 9.75. The van der Waals surface area contributed by atoms with Gasteiger partial charge in [0.15, 0.2) is 0 Å². The van der Waals surface area contributed by atoms with E-state index in [1.165, 1.54) is 26.0 Å². The molecule has 6 heteroatoms. The maximum absolute atomic E-state index is 13.9. The van der Waals surface area contributed by atoms with E-state index in [2.05, 4.69) is 0 Å². The van der Waals surface area contributed by atoms with Crippen LogP contribution in [0.2, 0.25) is 0 Å². The van der Waals surface area contributed by atoms with Gasteiger partial charge in [-0.25, -0.2) is 18.4 Å². The Kier molecular flexibility index (Phi) is 4.12. The molecule has 0 saturated carbocycles. The van der Waals surface area contributed by atoms with Crippen LogP contribution in [0.4, 0.5) is 8.78 Å². The van der Waals surface area contributed by atoms with Crippen molar-refractivity contribution in [2.24, 2.45) is 0 Å². The first-order chi connectivity index (χ1) is 11.7. The molecule has 1 fully saturated rings. The second-order valence-corrected chi connectivity index (χ2v) is 5.99. The Labute approximate surface area is 142 Å². The van der Waals surface area contributed by atoms with Crippen molar-refractivity contribution in [3.05, 3.63) is 65.2 Å². The van der Waals surface area contributed by atoms with Gasteiger partial charge in [-0.1, -0.05) is 18.2 Å². The zero-order valence-electron chi connectivity index (χ0n) is 13.5. The molecule has 1 saturated heterocycles. The van der Waals surface area contributed by atoms with Crippen molar-refractivity contribution in [1.29, 1.82) is 0 Å². The van der Waals surface area contributed by atoms with Gasteiger partial charge in [0.2, 0.25) is 0 Å². The Bertz CT molecular complexity index is 878.